The van der Waals surface area contributed by atoms with Crippen molar-refractivity contribution in [3.8, 4) is 5.75 Å². The van der Waals surface area contributed by atoms with Crippen LogP contribution in [0.1, 0.15) is 5.56 Å². The van der Waals surface area contributed by atoms with Crippen molar-refractivity contribution >= 4 is 28.6 Å². The maximum Gasteiger partial charge on any atom is 0.362 e. The molecular weight excluding hydrogens is 280 g/mol. The number of aliphatic imine (C=N–C) groups is 1. The van der Waals surface area contributed by atoms with E-state index in [1.165, 1.54) is 7.11 Å². The zero-order valence-corrected chi connectivity index (χ0v) is 11.9. The van der Waals surface area contributed by atoms with Crippen LogP contribution in [0.4, 0.5) is 11.4 Å². The lowest BCUT2D eigenvalue weighted by molar-refractivity contribution is 0.407. The molecule has 0 amide bonds. The number of rotatable bonds is 3. The highest BCUT2D eigenvalue weighted by Gasteiger charge is 2.08. The molecule has 0 spiro atoms. The summed E-state index contributed by atoms with van der Waals surface area (Å²) in [6.45, 7) is 0. The molecule has 0 bridgehead atoms. The zero-order valence-electron chi connectivity index (χ0n) is 11.9. The lowest BCUT2D eigenvalue weighted by Crippen LogP contribution is -1.99. The van der Waals surface area contributed by atoms with Gasteiger partial charge in [-0.3, -0.25) is 0 Å². The van der Waals surface area contributed by atoms with Crippen LogP contribution in [0.3, 0.4) is 0 Å². The predicted octanol–water partition coefficient (Wildman–Crippen LogP) is 3.13. The minimum Gasteiger partial charge on any atom is -0.493 e. The van der Waals surface area contributed by atoms with Crippen LogP contribution in [0.5, 0.6) is 5.75 Å². The van der Waals surface area contributed by atoms with E-state index in [4.69, 9.17) is 14.9 Å². The number of anilines is 1. The highest BCUT2D eigenvalue weighted by Crippen LogP contribution is 2.26. The first kappa shape index (κ1) is 13.9. The normalized spacial score (nSPS) is 11.1. The van der Waals surface area contributed by atoms with Gasteiger partial charge in [0.1, 0.15) is 5.69 Å². The molecule has 5 heteroatoms. The van der Waals surface area contributed by atoms with Gasteiger partial charge in [-0.15, -0.1) is 0 Å². The smallest absolute Gasteiger partial charge is 0.362 e. The van der Waals surface area contributed by atoms with Crippen molar-refractivity contribution in [3.63, 3.8) is 0 Å². The Morgan fingerprint density at radius 1 is 1.18 bits per heavy atom. The maximum atomic E-state index is 12.0. The van der Waals surface area contributed by atoms with Crippen molar-refractivity contribution in [1.29, 1.82) is 0 Å². The Bertz CT molecular complexity index is 913. The van der Waals surface area contributed by atoms with Gasteiger partial charge >= 0.3 is 5.63 Å². The van der Waals surface area contributed by atoms with Gasteiger partial charge in [-0.1, -0.05) is 30.3 Å². The monoisotopic (exact) mass is 294 g/mol. The summed E-state index contributed by atoms with van der Waals surface area (Å²) in [4.78, 5) is 16.2. The van der Waals surface area contributed by atoms with Crippen molar-refractivity contribution in [2.75, 3.05) is 12.8 Å². The van der Waals surface area contributed by atoms with E-state index in [-0.39, 0.29) is 5.69 Å². The number of nitrogens with zero attached hydrogens (tertiary/aromatic N) is 1. The van der Waals surface area contributed by atoms with Crippen molar-refractivity contribution in [2.45, 2.75) is 0 Å². The fourth-order valence-electron chi connectivity index (χ4n) is 2.13. The van der Waals surface area contributed by atoms with Crippen LogP contribution in [0.15, 0.2) is 62.7 Å². The van der Waals surface area contributed by atoms with Crippen molar-refractivity contribution in [1.82, 2.24) is 0 Å². The second kappa shape index (κ2) is 5.73. The van der Waals surface area contributed by atoms with Crippen LogP contribution >= 0.6 is 0 Å². The molecule has 0 fully saturated rings. The lowest BCUT2D eigenvalue weighted by atomic mass is 10.2. The first-order valence-electron chi connectivity index (χ1n) is 6.68. The van der Waals surface area contributed by atoms with E-state index in [0.29, 0.717) is 17.0 Å². The Balaban J connectivity index is 2.07. The Labute approximate surface area is 126 Å². The van der Waals surface area contributed by atoms with Crippen LogP contribution < -0.4 is 16.1 Å². The third-order valence-corrected chi connectivity index (χ3v) is 3.26. The fourth-order valence-corrected chi connectivity index (χ4v) is 2.13. The van der Waals surface area contributed by atoms with Gasteiger partial charge < -0.3 is 14.9 Å². The van der Waals surface area contributed by atoms with Crippen LogP contribution in [0.25, 0.3) is 11.0 Å². The first-order chi connectivity index (χ1) is 10.7. The van der Waals surface area contributed by atoms with E-state index < -0.39 is 5.63 Å². The first-order valence-corrected chi connectivity index (χ1v) is 6.68. The van der Waals surface area contributed by atoms with Crippen molar-refractivity contribution in [3.05, 3.63) is 64.5 Å². The number of methoxy groups -OCH3 is 1. The number of ether oxygens (including phenoxy) is 1. The zero-order chi connectivity index (χ0) is 15.5. The molecule has 0 saturated heterocycles. The fraction of sp³-hybridized carbons (Fsp3) is 0.0588. The Morgan fingerprint density at radius 2 is 2.00 bits per heavy atom. The van der Waals surface area contributed by atoms with Gasteiger partial charge in [0, 0.05) is 22.9 Å². The third kappa shape index (κ3) is 2.56. The quantitative estimate of drug-likeness (QED) is 0.457. The molecule has 0 aliphatic rings. The summed E-state index contributed by atoms with van der Waals surface area (Å²) in [6.07, 6.45) is 1.55. The van der Waals surface area contributed by atoms with Crippen molar-refractivity contribution < 1.29 is 9.15 Å². The van der Waals surface area contributed by atoms with Gasteiger partial charge in [-0.05, 0) is 18.2 Å². The van der Waals surface area contributed by atoms with Gasteiger partial charge in [-0.25, -0.2) is 9.79 Å². The molecule has 2 N–H and O–H groups in total. The Hall–Kier alpha value is -3.08. The summed E-state index contributed by atoms with van der Waals surface area (Å²) in [5.41, 5.74) is 7.28. The second-order valence-corrected chi connectivity index (χ2v) is 4.68. The number of hydrogen-bond acceptors (Lipinski definition) is 5. The summed E-state index contributed by atoms with van der Waals surface area (Å²) in [5.74, 6) is 0.512. The highest BCUT2D eigenvalue weighted by molar-refractivity contribution is 5.89. The molecule has 110 valence electrons. The molecule has 2 aromatic carbocycles. The third-order valence-electron chi connectivity index (χ3n) is 3.26. The van der Waals surface area contributed by atoms with E-state index in [2.05, 4.69) is 4.99 Å². The number of para-hydroxylation sites is 2. The molecule has 5 nitrogen and oxygen atoms in total. The molecular formula is C17H14N2O3. The molecule has 0 saturated carbocycles. The standard InChI is InChI=1S/C17H14N2O3/c1-21-15-8-4-6-11-9-14(17(20)22-16(11)15)19-10-12-5-2-3-7-13(12)18/h2-10H,18H2,1H3. The van der Waals surface area contributed by atoms with E-state index in [9.17, 15) is 4.79 Å². The number of hydrogen-bond donors (Lipinski definition) is 1. The molecule has 3 aromatic rings. The second-order valence-electron chi connectivity index (χ2n) is 4.68. The number of nitrogen functional groups attached to an aromatic ring is 1. The lowest BCUT2D eigenvalue weighted by Gasteiger charge is -2.04. The molecule has 3 rings (SSSR count). The minimum atomic E-state index is -0.525. The van der Waals surface area contributed by atoms with E-state index >= 15 is 0 Å². The highest BCUT2D eigenvalue weighted by atomic mass is 16.5. The number of nitrogens with two attached hydrogens (primary N) is 1. The van der Waals surface area contributed by atoms with Gasteiger partial charge in [0.2, 0.25) is 0 Å². The maximum absolute atomic E-state index is 12.0. The summed E-state index contributed by atoms with van der Waals surface area (Å²) in [5, 5.41) is 0.743. The minimum absolute atomic E-state index is 0.212. The number of benzene rings is 2. The SMILES string of the molecule is COc1cccc2cc(N=Cc3ccccc3N)c(=O)oc12. The summed E-state index contributed by atoms with van der Waals surface area (Å²) in [7, 11) is 1.53. The average molecular weight is 294 g/mol. The average Bonchev–Trinajstić information content (AvgIpc) is 2.53. The van der Waals surface area contributed by atoms with Gasteiger partial charge in [-0.2, -0.15) is 0 Å². The predicted molar refractivity (Wildman–Crippen MR) is 87.1 cm³/mol. The van der Waals surface area contributed by atoms with Gasteiger partial charge in [0.15, 0.2) is 11.3 Å². The summed E-state index contributed by atoms with van der Waals surface area (Å²) < 4.78 is 10.5. The van der Waals surface area contributed by atoms with E-state index in [1.54, 1.807) is 24.4 Å². The van der Waals surface area contributed by atoms with Crippen molar-refractivity contribution in [2.24, 2.45) is 4.99 Å². The molecule has 0 aliphatic heterocycles. The summed E-state index contributed by atoms with van der Waals surface area (Å²) in [6, 6.07) is 14.3. The molecule has 0 unspecified atom stereocenters. The van der Waals surface area contributed by atoms with E-state index in [1.807, 2.05) is 30.3 Å². The van der Waals surface area contributed by atoms with Crippen LogP contribution in [-0.4, -0.2) is 13.3 Å². The van der Waals surface area contributed by atoms with Gasteiger partial charge in [0.05, 0.1) is 7.11 Å². The Morgan fingerprint density at radius 3 is 2.77 bits per heavy atom. The van der Waals surface area contributed by atoms with Gasteiger partial charge in [0.25, 0.3) is 0 Å². The molecule has 1 heterocycles. The van der Waals surface area contributed by atoms with Crippen LogP contribution in [0, 0.1) is 0 Å². The Kier molecular flexibility index (Phi) is 3.62. The molecule has 22 heavy (non-hydrogen) atoms. The van der Waals surface area contributed by atoms with Crippen LogP contribution in [0.2, 0.25) is 0 Å². The largest absolute Gasteiger partial charge is 0.493 e. The summed E-state index contributed by atoms with van der Waals surface area (Å²) >= 11 is 0. The number of fused-ring (bicyclic) bond motifs is 1. The topological polar surface area (TPSA) is 77.8 Å². The van der Waals surface area contributed by atoms with Crippen LogP contribution in [-0.2, 0) is 0 Å². The van der Waals surface area contributed by atoms with E-state index in [0.717, 1.165) is 10.9 Å². The molecule has 0 atom stereocenters. The molecule has 0 radical (unpaired) electrons. The molecule has 0 aliphatic carbocycles. The molecule has 1 aromatic heterocycles.